The van der Waals surface area contributed by atoms with Gasteiger partial charge in [-0.25, -0.2) is 4.39 Å². The van der Waals surface area contributed by atoms with Crippen LogP contribution in [0.2, 0.25) is 5.02 Å². The van der Waals surface area contributed by atoms with Gasteiger partial charge in [0, 0.05) is 17.5 Å². The third-order valence-corrected chi connectivity index (χ3v) is 5.05. The van der Waals surface area contributed by atoms with Crippen molar-refractivity contribution in [3.05, 3.63) is 58.4 Å². The molecule has 1 fully saturated rings. The Kier molecular flexibility index (Phi) is 5.14. The number of hydrogen-bond donors (Lipinski definition) is 1. The topological polar surface area (TPSA) is 30.5 Å². The third kappa shape index (κ3) is 3.31. The van der Waals surface area contributed by atoms with Crippen molar-refractivity contribution in [3.8, 4) is 11.5 Å². The summed E-state index contributed by atoms with van der Waals surface area (Å²) in [6.07, 6.45) is 2.12. The van der Waals surface area contributed by atoms with E-state index in [1.807, 2.05) is 12.1 Å². The molecular formula is C19H20Cl2FNO2. The second kappa shape index (κ2) is 7.02. The van der Waals surface area contributed by atoms with E-state index in [1.54, 1.807) is 19.1 Å². The van der Waals surface area contributed by atoms with Crippen LogP contribution in [0.1, 0.15) is 36.8 Å². The SMILES string of the molecule is C[C@]1(c2ccc(Cl)cc2F)Oc2cccc(C3CCNCC3)c2O1.Cl. The number of halogens is 3. The van der Waals surface area contributed by atoms with Crippen LogP contribution in [-0.2, 0) is 5.79 Å². The van der Waals surface area contributed by atoms with Crippen molar-refractivity contribution in [1.82, 2.24) is 5.32 Å². The highest BCUT2D eigenvalue weighted by molar-refractivity contribution is 6.30. The second-order valence-electron chi connectivity index (χ2n) is 6.47. The molecule has 0 amide bonds. The van der Waals surface area contributed by atoms with Crippen LogP contribution in [0, 0.1) is 5.82 Å². The predicted octanol–water partition coefficient (Wildman–Crippen LogP) is 5.01. The first kappa shape index (κ1) is 18.3. The van der Waals surface area contributed by atoms with E-state index < -0.39 is 11.6 Å². The normalized spacial score (nSPS) is 22.5. The van der Waals surface area contributed by atoms with Crippen LogP contribution in [-0.4, -0.2) is 13.1 Å². The van der Waals surface area contributed by atoms with Gasteiger partial charge in [-0.3, -0.25) is 0 Å². The van der Waals surface area contributed by atoms with Gasteiger partial charge in [-0.15, -0.1) is 12.4 Å². The van der Waals surface area contributed by atoms with Gasteiger partial charge in [0.1, 0.15) is 5.82 Å². The third-order valence-electron chi connectivity index (χ3n) is 4.81. The van der Waals surface area contributed by atoms with Gasteiger partial charge < -0.3 is 14.8 Å². The molecule has 134 valence electrons. The molecule has 0 radical (unpaired) electrons. The van der Waals surface area contributed by atoms with Crippen LogP contribution < -0.4 is 14.8 Å². The highest BCUT2D eigenvalue weighted by Crippen LogP contribution is 2.49. The maximum Gasteiger partial charge on any atom is 0.278 e. The van der Waals surface area contributed by atoms with Crippen molar-refractivity contribution >= 4 is 24.0 Å². The van der Waals surface area contributed by atoms with Crippen molar-refractivity contribution in [2.75, 3.05) is 13.1 Å². The Balaban J connectivity index is 0.00000182. The molecule has 3 nitrogen and oxygen atoms in total. The Hall–Kier alpha value is -1.49. The molecule has 2 aromatic carbocycles. The van der Waals surface area contributed by atoms with Crippen molar-refractivity contribution < 1.29 is 13.9 Å². The first-order chi connectivity index (χ1) is 11.6. The minimum Gasteiger partial charge on any atom is -0.444 e. The van der Waals surface area contributed by atoms with Crippen LogP contribution in [0.15, 0.2) is 36.4 Å². The Morgan fingerprint density at radius 2 is 1.92 bits per heavy atom. The van der Waals surface area contributed by atoms with Gasteiger partial charge in [-0.05, 0) is 56.1 Å². The summed E-state index contributed by atoms with van der Waals surface area (Å²) in [7, 11) is 0. The number of para-hydroxylation sites is 1. The number of fused-ring (bicyclic) bond motifs is 1. The Bertz CT molecular complexity index is 780. The minimum atomic E-state index is -1.18. The lowest BCUT2D eigenvalue weighted by Crippen LogP contribution is -2.33. The van der Waals surface area contributed by atoms with Gasteiger partial charge in [0.25, 0.3) is 5.79 Å². The van der Waals surface area contributed by atoms with E-state index in [9.17, 15) is 4.39 Å². The summed E-state index contributed by atoms with van der Waals surface area (Å²) in [5.74, 6) is 0.229. The first-order valence-corrected chi connectivity index (χ1v) is 8.62. The zero-order valence-electron chi connectivity index (χ0n) is 13.9. The monoisotopic (exact) mass is 383 g/mol. The van der Waals surface area contributed by atoms with Crippen LogP contribution in [0.3, 0.4) is 0 Å². The summed E-state index contributed by atoms with van der Waals surface area (Å²) >= 11 is 5.86. The van der Waals surface area contributed by atoms with Crippen molar-refractivity contribution in [2.24, 2.45) is 0 Å². The standard InChI is InChI=1S/C19H19ClFNO2.ClH/c1-19(15-6-5-13(20)11-16(15)21)23-17-4-2-3-14(18(17)24-19)12-7-9-22-10-8-12;/h2-6,11-12,22H,7-10H2,1H3;1H/t19-;/m0./s1. The molecule has 6 heteroatoms. The lowest BCUT2D eigenvalue weighted by atomic mass is 9.89. The molecule has 0 aliphatic carbocycles. The van der Waals surface area contributed by atoms with Crippen molar-refractivity contribution in [1.29, 1.82) is 0 Å². The fourth-order valence-electron chi connectivity index (χ4n) is 3.57. The summed E-state index contributed by atoms with van der Waals surface area (Å²) in [5, 5.41) is 3.73. The molecule has 0 bridgehead atoms. The highest BCUT2D eigenvalue weighted by atomic mass is 35.5. The van der Waals surface area contributed by atoms with E-state index >= 15 is 0 Å². The fraction of sp³-hybridized carbons (Fsp3) is 0.368. The smallest absolute Gasteiger partial charge is 0.278 e. The van der Waals surface area contributed by atoms with Gasteiger partial charge in [-0.2, -0.15) is 0 Å². The average molecular weight is 384 g/mol. The lowest BCUT2D eigenvalue weighted by molar-refractivity contribution is -0.0711. The van der Waals surface area contributed by atoms with Gasteiger partial charge in [0.05, 0.1) is 5.56 Å². The van der Waals surface area contributed by atoms with Crippen LogP contribution in [0.5, 0.6) is 11.5 Å². The number of nitrogens with one attached hydrogen (secondary N) is 1. The summed E-state index contributed by atoms with van der Waals surface area (Å²) in [4.78, 5) is 0. The number of ether oxygens (including phenoxy) is 2. The van der Waals surface area contributed by atoms with Crippen LogP contribution >= 0.6 is 24.0 Å². The Morgan fingerprint density at radius 3 is 2.64 bits per heavy atom. The van der Waals surface area contributed by atoms with Gasteiger partial charge >= 0.3 is 0 Å². The maximum atomic E-state index is 14.4. The molecule has 2 aromatic rings. The number of rotatable bonds is 2. The molecular weight excluding hydrogens is 364 g/mol. The zero-order valence-corrected chi connectivity index (χ0v) is 15.4. The molecule has 0 saturated carbocycles. The molecule has 0 spiro atoms. The molecule has 4 rings (SSSR count). The van der Waals surface area contributed by atoms with Crippen molar-refractivity contribution in [3.63, 3.8) is 0 Å². The Morgan fingerprint density at radius 1 is 1.16 bits per heavy atom. The molecule has 25 heavy (non-hydrogen) atoms. The molecule has 1 atom stereocenters. The van der Waals surface area contributed by atoms with E-state index in [4.69, 9.17) is 21.1 Å². The van der Waals surface area contributed by atoms with Crippen molar-refractivity contribution in [2.45, 2.75) is 31.5 Å². The van der Waals surface area contributed by atoms with Gasteiger partial charge in [0.2, 0.25) is 0 Å². The lowest BCUT2D eigenvalue weighted by Gasteiger charge is -2.26. The molecule has 1 saturated heterocycles. The average Bonchev–Trinajstić information content (AvgIpc) is 2.92. The minimum absolute atomic E-state index is 0. The van der Waals surface area contributed by atoms with Crippen LogP contribution in [0.4, 0.5) is 4.39 Å². The molecule has 2 aliphatic rings. The largest absolute Gasteiger partial charge is 0.444 e. The Labute approximate surface area is 157 Å². The number of piperidine rings is 1. The van der Waals surface area contributed by atoms with Gasteiger partial charge in [0.15, 0.2) is 11.5 Å². The first-order valence-electron chi connectivity index (χ1n) is 8.24. The predicted molar refractivity (Wildman–Crippen MR) is 98.6 cm³/mol. The van der Waals surface area contributed by atoms with E-state index in [-0.39, 0.29) is 12.4 Å². The van der Waals surface area contributed by atoms with E-state index in [2.05, 4.69) is 11.4 Å². The number of hydrogen-bond acceptors (Lipinski definition) is 3. The number of benzene rings is 2. The molecule has 0 aromatic heterocycles. The zero-order chi connectivity index (χ0) is 16.7. The fourth-order valence-corrected chi connectivity index (χ4v) is 3.73. The van der Waals surface area contributed by atoms with E-state index in [0.717, 1.165) is 37.2 Å². The van der Waals surface area contributed by atoms with Gasteiger partial charge in [-0.1, -0.05) is 23.7 Å². The highest BCUT2D eigenvalue weighted by Gasteiger charge is 2.42. The van der Waals surface area contributed by atoms with E-state index in [0.29, 0.717) is 22.3 Å². The summed E-state index contributed by atoms with van der Waals surface area (Å²) in [5.41, 5.74) is 1.49. The second-order valence-corrected chi connectivity index (χ2v) is 6.91. The quantitative estimate of drug-likeness (QED) is 0.790. The summed E-state index contributed by atoms with van der Waals surface area (Å²) in [6, 6.07) is 10.5. The summed E-state index contributed by atoms with van der Waals surface area (Å²) in [6.45, 7) is 3.74. The van der Waals surface area contributed by atoms with Crippen LogP contribution in [0.25, 0.3) is 0 Å². The van der Waals surface area contributed by atoms with E-state index in [1.165, 1.54) is 6.07 Å². The molecule has 2 aliphatic heterocycles. The molecule has 0 unspecified atom stereocenters. The maximum absolute atomic E-state index is 14.4. The molecule has 1 N–H and O–H groups in total. The summed E-state index contributed by atoms with van der Waals surface area (Å²) < 4.78 is 26.5. The molecule has 2 heterocycles.